The van der Waals surface area contributed by atoms with Crippen molar-refractivity contribution in [1.29, 1.82) is 0 Å². The number of alkyl carbamates (subject to hydrolysis) is 1. The molecule has 1 saturated heterocycles. The first-order valence-corrected chi connectivity index (χ1v) is 11.2. The molecule has 1 fully saturated rings. The normalized spacial score (nSPS) is 19.3. The predicted octanol–water partition coefficient (Wildman–Crippen LogP) is 4.01. The van der Waals surface area contributed by atoms with Crippen molar-refractivity contribution >= 4 is 18.0 Å². The van der Waals surface area contributed by atoms with Gasteiger partial charge in [-0.1, -0.05) is 55.5 Å². The van der Waals surface area contributed by atoms with Gasteiger partial charge in [-0.05, 0) is 28.7 Å². The lowest BCUT2D eigenvalue weighted by Gasteiger charge is -2.24. The largest absolute Gasteiger partial charge is 0.480 e. The van der Waals surface area contributed by atoms with E-state index in [1.807, 2.05) is 48.5 Å². The highest BCUT2D eigenvalue weighted by molar-refractivity contribution is 5.85. The monoisotopic (exact) mass is 472 g/mol. The number of fused-ring (bicyclic) bond motifs is 3. The number of ether oxygens (including phenoxy) is 1. The van der Waals surface area contributed by atoms with Crippen LogP contribution >= 0.6 is 0 Å². The minimum Gasteiger partial charge on any atom is -0.480 e. The molecule has 7 nitrogen and oxygen atoms in total. The molecule has 1 aliphatic heterocycles. The molecule has 2 amide bonds. The number of nitrogens with one attached hydrogen (secondary N) is 1. The van der Waals surface area contributed by atoms with Crippen LogP contribution in [0.15, 0.2) is 48.5 Å². The Balaban J connectivity index is 1.36. The third kappa shape index (κ3) is 4.73. The fraction of sp³-hybridized carbons (Fsp3) is 0.400. The zero-order valence-corrected chi connectivity index (χ0v) is 18.7. The van der Waals surface area contributed by atoms with E-state index in [4.69, 9.17) is 4.74 Å². The first-order valence-electron chi connectivity index (χ1n) is 11.2. The SMILES string of the molecule is CCC(CC(=O)N1CC(F)(F)C[C@H]1C(=O)O)NC(=O)OCC1c2ccccc2-c2ccccc21. The maximum Gasteiger partial charge on any atom is 0.407 e. The van der Waals surface area contributed by atoms with Gasteiger partial charge in [0.25, 0.3) is 5.92 Å². The van der Waals surface area contributed by atoms with Crippen LogP contribution in [0.2, 0.25) is 0 Å². The fourth-order valence-corrected chi connectivity index (χ4v) is 4.73. The summed E-state index contributed by atoms with van der Waals surface area (Å²) < 4.78 is 32.9. The molecule has 180 valence electrons. The summed E-state index contributed by atoms with van der Waals surface area (Å²) >= 11 is 0. The highest BCUT2D eigenvalue weighted by Gasteiger charge is 2.50. The molecule has 2 aromatic carbocycles. The highest BCUT2D eigenvalue weighted by Crippen LogP contribution is 2.44. The number of aliphatic carboxylic acids is 1. The van der Waals surface area contributed by atoms with E-state index in [2.05, 4.69) is 5.32 Å². The van der Waals surface area contributed by atoms with E-state index in [9.17, 15) is 28.3 Å². The van der Waals surface area contributed by atoms with Crippen molar-refractivity contribution < 1.29 is 33.0 Å². The molecule has 0 spiro atoms. The number of nitrogens with zero attached hydrogens (tertiary/aromatic N) is 1. The first-order chi connectivity index (χ1) is 16.2. The Morgan fingerprint density at radius 3 is 2.26 bits per heavy atom. The summed E-state index contributed by atoms with van der Waals surface area (Å²) in [6, 6.07) is 13.6. The molecule has 2 aliphatic rings. The average Bonchev–Trinajstić information content (AvgIpc) is 3.31. The number of carbonyl (C=O) groups is 3. The first kappa shape index (κ1) is 23.7. The lowest BCUT2D eigenvalue weighted by Crippen LogP contribution is -2.45. The second-order valence-corrected chi connectivity index (χ2v) is 8.71. The number of alkyl halides is 2. The molecule has 4 rings (SSSR count). The number of benzene rings is 2. The van der Waals surface area contributed by atoms with Gasteiger partial charge in [-0.15, -0.1) is 0 Å². The van der Waals surface area contributed by atoms with E-state index in [0.717, 1.165) is 22.3 Å². The van der Waals surface area contributed by atoms with Gasteiger partial charge in [0.15, 0.2) is 0 Å². The van der Waals surface area contributed by atoms with Crippen LogP contribution in [0.3, 0.4) is 0 Å². The third-order valence-electron chi connectivity index (χ3n) is 6.45. The van der Waals surface area contributed by atoms with E-state index in [0.29, 0.717) is 11.3 Å². The van der Waals surface area contributed by atoms with E-state index in [-0.39, 0.29) is 18.9 Å². The van der Waals surface area contributed by atoms with Gasteiger partial charge in [-0.2, -0.15) is 0 Å². The Kier molecular flexibility index (Phi) is 6.54. The Morgan fingerprint density at radius 2 is 1.71 bits per heavy atom. The number of carboxylic acid groups (broad SMARTS) is 1. The molecular formula is C25H26F2N2O5. The van der Waals surface area contributed by atoms with Gasteiger partial charge in [0.2, 0.25) is 5.91 Å². The number of carboxylic acids is 1. The van der Waals surface area contributed by atoms with Gasteiger partial charge in [0.05, 0.1) is 6.54 Å². The minimum atomic E-state index is -3.25. The van der Waals surface area contributed by atoms with Crippen LogP contribution < -0.4 is 5.32 Å². The van der Waals surface area contributed by atoms with Crippen LogP contribution in [0.5, 0.6) is 0 Å². The van der Waals surface area contributed by atoms with Gasteiger partial charge in [0, 0.05) is 24.8 Å². The summed E-state index contributed by atoms with van der Waals surface area (Å²) in [5.74, 6) is -5.58. The number of carbonyl (C=O) groups excluding carboxylic acids is 2. The summed E-state index contributed by atoms with van der Waals surface area (Å²) in [5, 5.41) is 11.8. The van der Waals surface area contributed by atoms with Gasteiger partial charge in [-0.3, -0.25) is 4.79 Å². The van der Waals surface area contributed by atoms with E-state index >= 15 is 0 Å². The fourth-order valence-electron chi connectivity index (χ4n) is 4.73. The van der Waals surface area contributed by atoms with Crippen LogP contribution in [-0.2, 0) is 14.3 Å². The van der Waals surface area contributed by atoms with E-state index < -0.39 is 48.9 Å². The Morgan fingerprint density at radius 1 is 1.12 bits per heavy atom. The highest BCUT2D eigenvalue weighted by atomic mass is 19.3. The second kappa shape index (κ2) is 9.40. The topological polar surface area (TPSA) is 95.9 Å². The number of hydrogen-bond acceptors (Lipinski definition) is 4. The number of rotatable bonds is 7. The van der Waals surface area contributed by atoms with Crippen LogP contribution in [0, 0.1) is 0 Å². The summed E-state index contributed by atoms with van der Waals surface area (Å²) in [7, 11) is 0. The Bertz CT molecular complexity index is 1060. The lowest BCUT2D eigenvalue weighted by molar-refractivity contribution is -0.148. The average molecular weight is 472 g/mol. The molecule has 0 bridgehead atoms. The maximum atomic E-state index is 13.7. The number of halogens is 2. The lowest BCUT2D eigenvalue weighted by atomic mass is 9.98. The number of likely N-dealkylation sites (tertiary alicyclic amines) is 1. The number of amides is 2. The van der Waals surface area contributed by atoms with Crippen LogP contribution in [0.4, 0.5) is 13.6 Å². The Hall–Kier alpha value is -3.49. The van der Waals surface area contributed by atoms with Crippen LogP contribution in [-0.4, -0.2) is 59.1 Å². The van der Waals surface area contributed by atoms with Crippen molar-refractivity contribution in [2.75, 3.05) is 13.2 Å². The minimum absolute atomic E-state index is 0.101. The molecule has 1 unspecified atom stereocenters. The van der Waals surface area contributed by atoms with E-state index in [1.54, 1.807) is 6.92 Å². The molecule has 1 heterocycles. The van der Waals surface area contributed by atoms with E-state index in [1.165, 1.54) is 0 Å². The summed E-state index contributed by atoms with van der Waals surface area (Å²) in [5.41, 5.74) is 4.32. The molecule has 2 atom stereocenters. The van der Waals surface area contributed by atoms with Gasteiger partial charge in [0.1, 0.15) is 12.6 Å². The summed E-state index contributed by atoms with van der Waals surface area (Å²) in [6.45, 7) is 0.892. The molecule has 0 radical (unpaired) electrons. The molecule has 0 saturated carbocycles. The van der Waals surface area contributed by atoms with Gasteiger partial charge in [-0.25, -0.2) is 18.4 Å². The summed E-state index contributed by atoms with van der Waals surface area (Å²) in [6.07, 6.45) is -1.58. The van der Waals surface area contributed by atoms with Crippen molar-refractivity contribution in [3.8, 4) is 11.1 Å². The molecule has 1 aliphatic carbocycles. The van der Waals surface area contributed by atoms with Crippen molar-refractivity contribution in [2.24, 2.45) is 0 Å². The second-order valence-electron chi connectivity index (χ2n) is 8.71. The quantitative estimate of drug-likeness (QED) is 0.635. The summed E-state index contributed by atoms with van der Waals surface area (Å²) in [4.78, 5) is 37.1. The van der Waals surface area contributed by atoms with Crippen molar-refractivity contribution in [2.45, 2.75) is 50.1 Å². The Labute approximate surface area is 195 Å². The smallest absolute Gasteiger partial charge is 0.407 e. The van der Waals surface area contributed by atoms with Gasteiger partial charge < -0.3 is 20.1 Å². The molecule has 2 aromatic rings. The van der Waals surface area contributed by atoms with Crippen molar-refractivity contribution in [1.82, 2.24) is 10.2 Å². The number of hydrogen-bond donors (Lipinski definition) is 2. The standard InChI is InChI=1S/C25H26F2N2O5/c1-2-15(11-22(30)29-14-25(26,27)12-21(29)23(31)32)28-24(33)34-13-20-18-9-5-3-7-16(18)17-8-4-6-10-19(17)20/h3-10,15,20-21H,2,11-14H2,1H3,(H,28,33)(H,31,32)/t15?,21-/m0/s1. The molecule has 0 aromatic heterocycles. The zero-order chi connectivity index (χ0) is 24.5. The van der Waals surface area contributed by atoms with Crippen molar-refractivity contribution in [3.63, 3.8) is 0 Å². The van der Waals surface area contributed by atoms with Crippen LogP contribution in [0.1, 0.15) is 43.2 Å². The van der Waals surface area contributed by atoms with Crippen molar-refractivity contribution in [3.05, 3.63) is 59.7 Å². The maximum absolute atomic E-state index is 13.7. The molecule has 2 N–H and O–H groups in total. The van der Waals surface area contributed by atoms with Gasteiger partial charge >= 0.3 is 12.1 Å². The van der Waals surface area contributed by atoms with Crippen LogP contribution in [0.25, 0.3) is 11.1 Å². The third-order valence-corrected chi connectivity index (χ3v) is 6.45. The molecule has 9 heteroatoms. The zero-order valence-electron chi connectivity index (χ0n) is 18.7. The predicted molar refractivity (Wildman–Crippen MR) is 120 cm³/mol. The molecular weight excluding hydrogens is 446 g/mol. The molecule has 34 heavy (non-hydrogen) atoms.